The van der Waals surface area contributed by atoms with Gasteiger partial charge in [-0.15, -0.1) is 0 Å². The number of carbonyl (C=O) groups excluding carboxylic acids is 1. The van der Waals surface area contributed by atoms with E-state index in [1.54, 1.807) is 0 Å². The fourth-order valence-electron chi connectivity index (χ4n) is 2.31. The minimum Gasteiger partial charge on any atom is -0.294 e. The van der Waals surface area contributed by atoms with E-state index in [1.807, 2.05) is 31.2 Å². The van der Waals surface area contributed by atoms with Crippen LogP contribution in [0.3, 0.4) is 0 Å². The van der Waals surface area contributed by atoms with Gasteiger partial charge in [0.1, 0.15) is 0 Å². The summed E-state index contributed by atoms with van der Waals surface area (Å²) in [6, 6.07) is 12.4. The average molecular weight is 252 g/mol. The summed E-state index contributed by atoms with van der Waals surface area (Å²) >= 11 is 0. The zero-order chi connectivity index (χ0) is 14.0. The van der Waals surface area contributed by atoms with E-state index in [1.165, 1.54) is 27.8 Å². The molecule has 0 bridgehead atoms. The smallest absolute Gasteiger partial charge is 0.162 e. The first-order valence-electron chi connectivity index (χ1n) is 6.74. The van der Waals surface area contributed by atoms with Crippen LogP contribution in [0.15, 0.2) is 36.4 Å². The number of carbonyl (C=O) groups is 1. The van der Waals surface area contributed by atoms with Gasteiger partial charge >= 0.3 is 0 Å². The van der Waals surface area contributed by atoms with E-state index in [0.717, 1.165) is 5.56 Å². The van der Waals surface area contributed by atoms with Gasteiger partial charge in [0.05, 0.1) is 0 Å². The van der Waals surface area contributed by atoms with Crippen LogP contribution in [0, 0.1) is 20.8 Å². The molecular weight excluding hydrogens is 232 g/mol. The van der Waals surface area contributed by atoms with Gasteiger partial charge in [-0.25, -0.2) is 0 Å². The normalized spacial score (nSPS) is 10.5. The molecule has 0 radical (unpaired) electrons. The van der Waals surface area contributed by atoms with Crippen molar-refractivity contribution in [3.63, 3.8) is 0 Å². The third kappa shape index (κ3) is 2.76. The minimum atomic E-state index is 0.198. The van der Waals surface area contributed by atoms with Gasteiger partial charge in [0.2, 0.25) is 0 Å². The molecule has 0 aliphatic heterocycles. The van der Waals surface area contributed by atoms with E-state index in [4.69, 9.17) is 0 Å². The zero-order valence-electron chi connectivity index (χ0n) is 12.1. The predicted molar refractivity (Wildman–Crippen MR) is 80.7 cm³/mol. The maximum Gasteiger partial charge on any atom is 0.162 e. The first kappa shape index (κ1) is 13.5. The molecule has 1 heteroatoms. The van der Waals surface area contributed by atoms with Gasteiger partial charge in [-0.1, -0.05) is 43.3 Å². The van der Waals surface area contributed by atoms with Crippen LogP contribution in [-0.4, -0.2) is 5.78 Å². The Labute approximate surface area is 115 Å². The van der Waals surface area contributed by atoms with E-state index < -0.39 is 0 Å². The molecule has 0 aromatic heterocycles. The summed E-state index contributed by atoms with van der Waals surface area (Å²) in [5.41, 5.74) is 7.12. The van der Waals surface area contributed by atoms with Gasteiger partial charge in [-0.05, 0) is 48.6 Å². The molecule has 0 amide bonds. The van der Waals surface area contributed by atoms with E-state index >= 15 is 0 Å². The highest BCUT2D eigenvalue weighted by Gasteiger charge is 2.06. The van der Waals surface area contributed by atoms with E-state index in [9.17, 15) is 4.79 Å². The standard InChI is InChI=1S/C18H20O/c1-5-18(19)16-8-6-15(7-9-16)17-11-13(3)12(2)10-14(17)4/h6-11H,5H2,1-4H3. The third-order valence-corrected chi connectivity index (χ3v) is 3.68. The van der Waals surface area contributed by atoms with Crippen molar-refractivity contribution in [2.24, 2.45) is 0 Å². The lowest BCUT2D eigenvalue weighted by Gasteiger charge is -2.10. The van der Waals surface area contributed by atoms with Gasteiger partial charge in [0.15, 0.2) is 5.78 Å². The fraction of sp³-hybridized carbons (Fsp3) is 0.278. The second-order valence-corrected chi connectivity index (χ2v) is 5.11. The molecule has 0 saturated heterocycles. The van der Waals surface area contributed by atoms with Crippen LogP contribution >= 0.6 is 0 Å². The lowest BCUT2D eigenvalue weighted by Crippen LogP contribution is -1.96. The molecule has 2 rings (SSSR count). The molecular formula is C18H20O. The Morgan fingerprint density at radius 3 is 2.05 bits per heavy atom. The van der Waals surface area contributed by atoms with E-state index in [0.29, 0.717) is 6.42 Å². The SMILES string of the molecule is CCC(=O)c1ccc(-c2cc(C)c(C)cc2C)cc1. The Bertz CT molecular complexity index is 606. The molecule has 0 fully saturated rings. The summed E-state index contributed by atoms with van der Waals surface area (Å²) in [6.07, 6.45) is 0.558. The number of aryl methyl sites for hydroxylation is 3. The molecule has 0 unspecified atom stereocenters. The molecule has 0 N–H and O–H groups in total. The molecule has 0 aliphatic rings. The van der Waals surface area contributed by atoms with Gasteiger partial charge in [-0.3, -0.25) is 4.79 Å². The maximum atomic E-state index is 11.6. The largest absolute Gasteiger partial charge is 0.294 e. The molecule has 0 atom stereocenters. The number of hydrogen-bond donors (Lipinski definition) is 0. The number of Topliss-reactive ketones (excluding diaryl/α,β-unsaturated/α-hetero) is 1. The lowest BCUT2D eigenvalue weighted by molar-refractivity contribution is 0.0988. The van der Waals surface area contributed by atoms with Crippen LogP contribution in [0.4, 0.5) is 0 Å². The maximum absolute atomic E-state index is 11.6. The van der Waals surface area contributed by atoms with Crippen LogP contribution < -0.4 is 0 Å². The Kier molecular flexibility index (Phi) is 3.84. The average Bonchev–Trinajstić information content (AvgIpc) is 2.42. The molecule has 98 valence electrons. The molecule has 1 nitrogen and oxygen atoms in total. The number of ketones is 1. The van der Waals surface area contributed by atoms with Crippen LogP contribution in [0.5, 0.6) is 0 Å². The fourth-order valence-corrected chi connectivity index (χ4v) is 2.31. The monoisotopic (exact) mass is 252 g/mol. The summed E-state index contributed by atoms with van der Waals surface area (Å²) in [7, 11) is 0. The summed E-state index contributed by atoms with van der Waals surface area (Å²) in [5, 5.41) is 0. The van der Waals surface area contributed by atoms with Crippen molar-refractivity contribution < 1.29 is 4.79 Å². The Morgan fingerprint density at radius 1 is 0.895 bits per heavy atom. The summed E-state index contributed by atoms with van der Waals surface area (Å²) in [4.78, 5) is 11.6. The van der Waals surface area contributed by atoms with Crippen molar-refractivity contribution in [2.45, 2.75) is 34.1 Å². The number of hydrogen-bond acceptors (Lipinski definition) is 1. The predicted octanol–water partition coefficient (Wildman–Crippen LogP) is 4.87. The van der Waals surface area contributed by atoms with Crippen molar-refractivity contribution in [2.75, 3.05) is 0 Å². The first-order chi connectivity index (χ1) is 9.02. The highest BCUT2D eigenvalue weighted by molar-refractivity contribution is 5.96. The van der Waals surface area contributed by atoms with E-state index in [2.05, 4.69) is 32.9 Å². The second-order valence-electron chi connectivity index (χ2n) is 5.11. The highest BCUT2D eigenvalue weighted by Crippen LogP contribution is 2.26. The molecule has 0 aliphatic carbocycles. The molecule has 2 aromatic carbocycles. The van der Waals surface area contributed by atoms with Crippen molar-refractivity contribution in [1.29, 1.82) is 0 Å². The molecule has 0 spiro atoms. The van der Waals surface area contributed by atoms with Crippen LogP contribution in [0.2, 0.25) is 0 Å². The Morgan fingerprint density at radius 2 is 1.47 bits per heavy atom. The number of benzene rings is 2. The first-order valence-corrected chi connectivity index (χ1v) is 6.74. The van der Waals surface area contributed by atoms with Crippen molar-refractivity contribution in [3.8, 4) is 11.1 Å². The second kappa shape index (κ2) is 5.40. The molecule has 2 aromatic rings. The van der Waals surface area contributed by atoms with Crippen LogP contribution in [0.1, 0.15) is 40.4 Å². The summed E-state index contributed by atoms with van der Waals surface area (Å²) in [5.74, 6) is 0.198. The Balaban J connectivity index is 2.43. The van der Waals surface area contributed by atoms with Crippen molar-refractivity contribution >= 4 is 5.78 Å². The van der Waals surface area contributed by atoms with Gasteiger partial charge in [0.25, 0.3) is 0 Å². The molecule has 0 saturated carbocycles. The van der Waals surface area contributed by atoms with Crippen molar-refractivity contribution in [1.82, 2.24) is 0 Å². The minimum absolute atomic E-state index is 0.198. The van der Waals surface area contributed by atoms with E-state index in [-0.39, 0.29) is 5.78 Å². The van der Waals surface area contributed by atoms with Crippen LogP contribution in [0.25, 0.3) is 11.1 Å². The highest BCUT2D eigenvalue weighted by atomic mass is 16.1. The Hall–Kier alpha value is -1.89. The quantitative estimate of drug-likeness (QED) is 0.712. The lowest BCUT2D eigenvalue weighted by atomic mass is 9.94. The van der Waals surface area contributed by atoms with Crippen LogP contribution in [-0.2, 0) is 0 Å². The topological polar surface area (TPSA) is 17.1 Å². The van der Waals surface area contributed by atoms with Gasteiger partial charge in [-0.2, -0.15) is 0 Å². The molecule has 0 heterocycles. The van der Waals surface area contributed by atoms with Crippen molar-refractivity contribution in [3.05, 3.63) is 58.7 Å². The van der Waals surface area contributed by atoms with Gasteiger partial charge in [0, 0.05) is 12.0 Å². The van der Waals surface area contributed by atoms with Gasteiger partial charge < -0.3 is 0 Å². The number of rotatable bonds is 3. The summed E-state index contributed by atoms with van der Waals surface area (Å²) < 4.78 is 0. The zero-order valence-corrected chi connectivity index (χ0v) is 12.1. The molecule has 19 heavy (non-hydrogen) atoms. The summed E-state index contributed by atoms with van der Waals surface area (Å²) in [6.45, 7) is 8.29. The third-order valence-electron chi connectivity index (χ3n) is 3.68.